The quantitative estimate of drug-likeness (QED) is 0.0231. The van der Waals surface area contributed by atoms with Crippen LogP contribution >= 0.6 is 11.3 Å². The van der Waals surface area contributed by atoms with Crippen molar-refractivity contribution in [2.45, 2.75) is 156 Å². The van der Waals surface area contributed by atoms with E-state index in [9.17, 15) is 33.1 Å². The Kier molecular flexibility index (Phi) is 26.3. The van der Waals surface area contributed by atoms with Gasteiger partial charge < -0.3 is 50.1 Å². The average Bonchev–Trinajstić information content (AvgIpc) is 4.26. The van der Waals surface area contributed by atoms with Crippen molar-refractivity contribution in [1.29, 1.82) is 0 Å². The molecule has 1 unspecified atom stereocenters. The zero-order valence-electron chi connectivity index (χ0n) is 49.5. The number of benzene rings is 3. The Balaban J connectivity index is 0.676. The molecule has 22 heteroatoms. The molecule has 458 valence electrons. The number of carbonyl (C=O) groups excluding carboxylic acids is 4. The number of nitrogens with one attached hydrogen (secondary N) is 4. The topological polar surface area (TPSA) is 237 Å². The second kappa shape index (κ2) is 34.1. The number of likely N-dealkylation sites (tertiary alicyclic amines) is 1. The van der Waals surface area contributed by atoms with Crippen LogP contribution in [0.3, 0.4) is 0 Å². The van der Waals surface area contributed by atoms with Crippen LogP contribution < -0.4 is 21.3 Å². The van der Waals surface area contributed by atoms with Crippen molar-refractivity contribution < 1.29 is 47.3 Å². The molecule has 1 saturated heterocycles. The van der Waals surface area contributed by atoms with E-state index in [1.54, 1.807) is 41.8 Å². The van der Waals surface area contributed by atoms with E-state index in [1.165, 1.54) is 17.3 Å². The highest BCUT2D eigenvalue weighted by atomic mass is 32.1. The highest BCUT2D eigenvalue weighted by molar-refractivity contribution is 7.13. The summed E-state index contributed by atoms with van der Waals surface area (Å²) in [7, 11) is 0. The molecule has 1 aliphatic rings. The number of rotatable bonds is 36. The Morgan fingerprint density at radius 2 is 1.40 bits per heavy atom. The van der Waals surface area contributed by atoms with Crippen LogP contribution in [0.25, 0.3) is 22.0 Å². The van der Waals surface area contributed by atoms with Crippen molar-refractivity contribution in [2.75, 3.05) is 51.5 Å². The molecular formula is C63H83F2N11O8S. The van der Waals surface area contributed by atoms with Gasteiger partial charge in [-0.1, -0.05) is 76.4 Å². The number of aromatic nitrogens is 6. The van der Waals surface area contributed by atoms with Gasteiger partial charge in [0.15, 0.2) is 11.6 Å². The van der Waals surface area contributed by atoms with Crippen molar-refractivity contribution >= 4 is 40.7 Å². The van der Waals surface area contributed by atoms with Gasteiger partial charge >= 0.3 is 0 Å². The largest absolute Gasteiger partial charge is 0.391 e. The molecular weight excluding hydrogens is 1110 g/mol. The molecule has 3 aromatic heterocycles. The fraction of sp³-hybridized carbons (Fsp3) is 0.508. The number of unbranched alkanes of at least 4 members (excludes halogenated alkanes) is 7. The lowest BCUT2D eigenvalue weighted by Gasteiger charge is -2.35. The number of hydrogen-bond donors (Lipinski definition) is 5. The molecule has 19 nitrogen and oxygen atoms in total. The average molecular weight is 1190 g/mol. The Labute approximate surface area is 501 Å². The lowest BCUT2D eigenvalue weighted by atomic mass is 9.85. The number of β-amino-alcohol motifs (C(OH)–C–C–N with tert-alkyl or cyclic N) is 1. The molecule has 6 aromatic rings. The van der Waals surface area contributed by atoms with Gasteiger partial charge in [0, 0.05) is 102 Å². The molecule has 0 radical (unpaired) electrons. The van der Waals surface area contributed by atoms with E-state index in [0.29, 0.717) is 74.5 Å². The minimum Gasteiger partial charge on any atom is -0.391 e. The van der Waals surface area contributed by atoms with Gasteiger partial charge in [0.1, 0.15) is 35.7 Å². The number of aliphatic hydroxyl groups is 1. The highest BCUT2D eigenvalue weighted by Crippen LogP contribution is 2.29. The molecule has 3 atom stereocenters. The zero-order chi connectivity index (χ0) is 60.4. The van der Waals surface area contributed by atoms with Crippen LogP contribution in [0.15, 0.2) is 90.8 Å². The number of aliphatic hydroxyl groups excluding tert-OH is 1. The van der Waals surface area contributed by atoms with Crippen molar-refractivity contribution in [3.63, 3.8) is 0 Å². The first-order valence-electron chi connectivity index (χ1n) is 29.7. The third kappa shape index (κ3) is 20.8. The minimum absolute atomic E-state index is 0.0233. The summed E-state index contributed by atoms with van der Waals surface area (Å²) < 4.78 is 47.9. The second-order valence-electron chi connectivity index (χ2n) is 22.4. The maximum atomic E-state index is 14.1. The highest BCUT2D eigenvalue weighted by Gasteiger charge is 2.44. The summed E-state index contributed by atoms with van der Waals surface area (Å²) in [6, 6.07) is 18.4. The molecule has 4 amide bonds. The summed E-state index contributed by atoms with van der Waals surface area (Å²) in [6.07, 6.45) is 12.8. The molecule has 85 heavy (non-hydrogen) atoms. The van der Waals surface area contributed by atoms with Crippen LogP contribution in [0.4, 0.5) is 14.5 Å². The fourth-order valence-corrected chi connectivity index (χ4v) is 10.7. The van der Waals surface area contributed by atoms with E-state index in [0.717, 1.165) is 111 Å². The third-order valence-electron chi connectivity index (χ3n) is 14.7. The van der Waals surface area contributed by atoms with Gasteiger partial charge in [-0.25, -0.2) is 23.7 Å². The number of aryl methyl sites for hydroxylation is 1. The van der Waals surface area contributed by atoms with E-state index in [-0.39, 0.29) is 55.8 Å². The van der Waals surface area contributed by atoms with Gasteiger partial charge in [-0.3, -0.25) is 19.2 Å². The van der Waals surface area contributed by atoms with Crippen LogP contribution in [0.2, 0.25) is 0 Å². The van der Waals surface area contributed by atoms with Crippen LogP contribution in [-0.2, 0) is 54.8 Å². The lowest BCUT2D eigenvalue weighted by Crippen LogP contribution is -2.57. The molecule has 3 aromatic carbocycles. The fourth-order valence-electron chi connectivity index (χ4n) is 9.89. The van der Waals surface area contributed by atoms with Gasteiger partial charge in [0.2, 0.25) is 17.7 Å². The van der Waals surface area contributed by atoms with Gasteiger partial charge in [-0.15, -0.1) is 21.5 Å². The number of thiazole rings is 1. The first-order valence-corrected chi connectivity index (χ1v) is 30.6. The molecule has 1 fully saturated rings. The molecule has 4 heterocycles. The van der Waals surface area contributed by atoms with E-state index in [2.05, 4.69) is 46.4 Å². The van der Waals surface area contributed by atoms with Crippen LogP contribution in [0.1, 0.15) is 137 Å². The summed E-state index contributed by atoms with van der Waals surface area (Å²) in [6.45, 7) is 12.5. The summed E-state index contributed by atoms with van der Waals surface area (Å²) in [5.74, 6) is -1.57. The number of ether oxygens (including phenoxy) is 3. The Bertz CT molecular complexity index is 3010. The van der Waals surface area contributed by atoms with E-state index in [1.807, 2.05) is 68.1 Å². The van der Waals surface area contributed by atoms with Crippen molar-refractivity contribution in [1.82, 2.24) is 50.6 Å². The molecule has 0 spiro atoms. The van der Waals surface area contributed by atoms with Crippen LogP contribution in [0, 0.1) is 24.0 Å². The molecule has 0 bridgehead atoms. The summed E-state index contributed by atoms with van der Waals surface area (Å²) in [5, 5.41) is 31.3. The molecule has 0 saturated carbocycles. The zero-order valence-corrected chi connectivity index (χ0v) is 50.3. The van der Waals surface area contributed by atoms with Crippen molar-refractivity contribution in [3.8, 4) is 22.0 Å². The maximum Gasteiger partial charge on any atom is 0.251 e. The van der Waals surface area contributed by atoms with Crippen molar-refractivity contribution in [3.05, 3.63) is 131 Å². The number of halogens is 2. The van der Waals surface area contributed by atoms with Crippen LogP contribution in [-0.4, -0.2) is 128 Å². The lowest BCUT2D eigenvalue weighted by molar-refractivity contribution is -0.144. The number of anilines is 1. The predicted molar refractivity (Wildman–Crippen MR) is 322 cm³/mol. The third-order valence-corrected chi connectivity index (χ3v) is 15.7. The first kappa shape index (κ1) is 65.4. The summed E-state index contributed by atoms with van der Waals surface area (Å²) in [4.78, 5) is 68.8. The second-order valence-corrected chi connectivity index (χ2v) is 23.3. The first-order chi connectivity index (χ1) is 41.2. The smallest absolute Gasteiger partial charge is 0.251 e. The van der Waals surface area contributed by atoms with Crippen molar-refractivity contribution in [2.24, 2.45) is 5.41 Å². The monoisotopic (exact) mass is 1190 g/mol. The number of carbonyl (C=O) groups is 4. The predicted octanol–water partition coefficient (Wildman–Crippen LogP) is 9.53. The summed E-state index contributed by atoms with van der Waals surface area (Å²) in [5.41, 5.74) is 5.55. The van der Waals surface area contributed by atoms with E-state index >= 15 is 0 Å². The molecule has 5 N–H and O–H groups in total. The van der Waals surface area contributed by atoms with Gasteiger partial charge in [-0.2, -0.15) is 0 Å². The normalized spacial score (nSPS) is 14.6. The standard InChI is InChI=1S/C63H83F2N11O8S/c1-44-57(85-43-71-44)46-25-23-45(24-26-46)38-68-61(80)54-37-49(77)41-76(54)62(81)58(63(2,3)4)72-56(78)22-9-7-12-32-83-34-14-8-13-33-82-30-10-5-6-11-31-84-35-17-29-75-55(73-74-59(75)53-27-28-66-42-70-53)40-67-48-19-15-18-47(36-48)60(79)69-39-50-51(64)20-16-21-52(50)65/h15-16,18-21,23-28,36,42-43,49,54,58,67,77H,5-14,17,22,29-35,37-41H2,1-4H3,(H,68,80)(H,69,79)(H,72,78)/t49-,54?,58-/m1/s1. The number of amides is 4. The Morgan fingerprint density at radius 1 is 0.753 bits per heavy atom. The molecule has 7 rings (SSSR count). The van der Waals surface area contributed by atoms with Gasteiger partial charge in [0.05, 0.1) is 28.7 Å². The molecule has 1 aliphatic heterocycles. The number of nitrogens with zero attached hydrogens (tertiary/aromatic N) is 7. The number of hydrogen-bond acceptors (Lipinski definition) is 15. The minimum atomic E-state index is -0.865. The van der Waals surface area contributed by atoms with E-state index < -0.39 is 41.1 Å². The molecule has 0 aliphatic carbocycles. The van der Waals surface area contributed by atoms with E-state index in [4.69, 9.17) is 14.2 Å². The van der Waals surface area contributed by atoms with Crippen LogP contribution in [0.5, 0.6) is 0 Å². The van der Waals surface area contributed by atoms with Gasteiger partial charge in [-0.05, 0) is 111 Å². The Hall–Kier alpha value is -7.11. The van der Waals surface area contributed by atoms with Gasteiger partial charge in [0.25, 0.3) is 5.91 Å². The SMILES string of the molecule is Cc1ncsc1-c1ccc(CNC(=O)C2C[C@@H](O)CN2C(=O)[C@@H](NC(=O)CCCCCOCCCCCOCCCCCCOCCCn2c(CNc3cccc(C(=O)NCc4c(F)cccc4F)c3)nnc2-c2ccncn2)C(C)(C)C)cc1. The Morgan fingerprint density at radius 3 is 2.04 bits per heavy atom. The maximum absolute atomic E-state index is 14.1. The summed E-state index contributed by atoms with van der Waals surface area (Å²) >= 11 is 1.58.